The summed E-state index contributed by atoms with van der Waals surface area (Å²) in [6.07, 6.45) is 0.125. The van der Waals surface area contributed by atoms with E-state index < -0.39 is 29.7 Å². The Balaban J connectivity index is 1.77. The molecule has 10 nitrogen and oxygen atoms in total. The van der Waals surface area contributed by atoms with Crippen LogP contribution in [0.15, 0.2) is 36.4 Å². The van der Waals surface area contributed by atoms with Crippen LogP contribution in [0.4, 0.5) is 4.79 Å². The van der Waals surface area contributed by atoms with Crippen molar-refractivity contribution in [3.05, 3.63) is 42.0 Å². The number of ether oxygens (including phenoxy) is 2. The first-order chi connectivity index (χ1) is 15.3. The fourth-order valence-corrected chi connectivity index (χ4v) is 3.35. The van der Waals surface area contributed by atoms with Gasteiger partial charge < -0.3 is 29.8 Å². The quantitative estimate of drug-likeness (QED) is 0.427. The summed E-state index contributed by atoms with van der Waals surface area (Å²) < 4.78 is 10.8. The highest BCUT2D eigenvalue weighted by Gasteiger charge is 2.24. The van der Waals surface area contributed by atoms with Crippen LogP contribution < -0.4 is 14.9 Å². The zero-order valence-corrected chi connectivity index (χ0v) is 18.6. The van der Waals surface area contributed by atoms with Gasteiger partial charge in [0.1, 0.15) is 12.4 Å². The standard InChI is InChI=1S/C21H26N2O8S/c1-14(24)32-13-16(20(27)31-23-18(25)9-10-19(23)26)4-3-11-22-21(28)30-12-15-5-7-17(29-2)8-6-15/h5-10,16,25-26H,3-4,11-13H2,1-2H3,(H,22,28). The highest BCUT2D eigenvalue weighted by molar-refractivity contribution is 8.13. The monoisotopic (exact) mass is 466 g/mol. The average molecular weight is 467 g/mol. The van der Waals surface area contributed by atoms with E-state index in [1.54, 1.807) is 31.4 Å². The van der Waals surface area contributed by atoms with E-state index in [9.17, 15) is 24.6 Å². The van der Waals surface area contributed by atoms with E-state index in [0.29, 0.717) is 23.3 Å². The molecule has 11 heteroatoms. The summed E-state index contributed by atoms with van der Waals surface area (Å²) in [6, 6.07) is 9.45. The van der Waals surface area contributed by atoms with Crippen molar-refractivity contribution in [2.45, 2.75) is 26.4 Å². The third-order valence-corrected chi connectivity index (χ3v) is 5.30. The number of benzene rings is 1. The van der Waals surface area contributed by atoms with Crippen molar-refractivity contribution in [3.8, 4) is 17.5 Å². The predicted molar refractivity (Wildman–Crippen MR) is 116 cm³/mol. The fourth-order valence-electron chi connectivity index (χ4n) is 2.61. The molecule has 0 saturated carbocycles. The average Bonchev–Trinajstić information content (AvgIpc) is 3.09. The molecule has 1 heterocycles. The van der Waals surface area contributed by atoms with Crippen molar-refractivity contribution in [1.82, 2.24) is 10.0 Å². The zero-order chi connectivity index (χ0) is 23.5. The van der Waals surface area contributed by atoms with E-state index in [1.807, 2.05) is 0 Å². The first-order valence-corrected chi connectivity index (χ1v) is 10.8. The van der Waals surface area contributed by atoms with Crippen molar-refractivity contribution in [2.24, 2.45) is 5.92 Å². The fraction of sp³-hybridized carbons (Fsp3) is 0.381. The smallest absolute Gasteiger partial charge is 0.407 e. The number of methoxy groups -OCH3 is 1. The second-order valence-corrected chi connectivity index (χ2v) is 7.94. The second-order valence-electron chi connectivity index (χ2n) is 6.75. The minimum absolute atomic E-state index is 0.101. The third-order valence-electron chi connectivity index (χ3n) is 4.33. The van der Waals surface area contributed by atoms with Crippen LogP contribution in [0.3, 0.4) is 0 Å². The normalized spacial score (nSPS) is 11.4. The van der Waals surface area contributed by atoms with E-state index in [1.165, 1.54) is 19.1 Å². The lowest BCUT2D eigenvalue weighted by Crippen LogP contribution is -2.30. The molecule has 0 saturated heterocycles. The summed E-state index contributed by atoms with van der Waals surface area (Å²) in [4.78, 5) is 40.6. The maximum atomic E-state index is 12.4. The number of carbonyl (C=O) groups is 3. The van der Waals surface area contributed by atoms with Crippen molar-refractivity contribution in [2.75, 3.05) is 19.4 Å². The molecular formula is C21H26N2O8S. The molecule has 0 aliphatic heterocycles. The Kier molecular flexibility index (Phi) is 9.74. The van der Waals surface area contributed by atoms with Gasteiger partial charge in [0.15, 0.2) is 5.12 Å². The predicted octanol–water partition coefficient (Wildman–Crippen LogP) is 2.47. The SMILES string of the molecule is COc1ccc(COC(=O)NCCCC(CSC(C)=O)C(=O)On2c(O)ccc2O)cc1. The Hall–Kier alpha value is -3.34. The number of nitrogens with zero attached hydrogens (tertiary/aromatic N) is 1. The molecule has 1 unspecified atom stereocenters. The number of amides is 1. The number of hydrogen-bond donors (Lipinski definition) is 3. The molecule has 1 aromatic heterocycles. The molecule has 0 spiro atoms. The summed E-state index contributed by atoms with van der Waals surface area (Å²) >= 11 is 0.966. The first kappa shape index (κ1) is 24.9. The molecule has 174 valence electrons. The van der Waals surface area contributed by atoms with E-state index in [4.69, 9.17) is 14.3 Å². The van der Waals surface area contributed by atoms with Crippen molar-refractivity contribution >= 4 is 28.9 Å². The molecule has 0 aliphatic carbocycles. The highest BCUT2D eigenvalue weighted by atomic mass is 32.2. The van der Waals surface area contributed by atoms with Crippen LogP contribution in [0, 0.1) is 5.92 Å². The van der Waals surface area contributed by atoms with Gasteiger partial charge in [-0.1, -0.05) is 23.9 Å². The molecule has 0 radical (unpaired) electrons. The zero-order valence-electron chi connectivity index (χ0n) is 17.8. The van der Waals surface area contributed by atoms with Gasteiger partial charge in [0.25, 0.3) is 0 Å². The molecule has 1 aromatic carbocycles. The topological polar surface area (TPSA) is 136 Å². The van der Waals surface area contributed by atoms with Crippen LogP contribution >= 0.6 is 11.8 Å². The maximum Gasteiger partial charge on any atom is 0.407 e. The Bertz CT molecular complexity index is 894. The number of thioether (sulfide) groups is 1. The summed E-state index contributed by atoms with van der Waals surface area (Å²) in [6.45, 7) is 1.73. The number of nitrogens with one attached hydrogen (secondary N) is 1. The summed E-state index contributed by atoms with van der Waals surface area (Å²) in [5.74, 6) is -1.41. The van der Waals surface area contributed by atoms with Crippen LogP contribution in [0.1, 0.15) is 25.3 Å². The van der Waals surface area contributed by atoms with Crippen molar-refractivity contribution in [3.63, 3.8) is 0 Å². The Morgan fingerprint density at radius 1 is 1.09 bits per heavy atom. The lowest BCUT2D eigenvalue weighted by atomic mass is 10.1. The summed E-state index contributed by atoms with van der Waals surface area (Å²) in [5, 5.41) is 21.7. The molecule has 32 heavy (non-hydrogen) atoms. The van der Waals surface area contributed by atoms with Gasteiger partial charge in [0.05, 0.1) is 13.0 Å². The molecule has 0 fully saturated rings. The van der Waals surface area contributed by atoms with Crippen molar-refractivity contribution < 1.29 is 38.9 Å². The van der Waals surface area contributed by atoms with Crippen LogP contribution in [-0.2, 0) is 20.9 Å². The van der Waals surface area contributed by atoms with Gasteiger partial charge in [-0.3, -0.25) is 4.79 Å². The molecule has 1 atom stereocenters. The van der Waals surface area contributed by atoms with E-state index >= 15 is 0 Å². The van der Waals surface area contributed by atoms with Crippen LogP contribution in [0.5, 0.6) is 17.5 Å². The number of carbonyl (C=O) groups excluding carboxylic acids is 3. The lowest BCUT2D eigenvalue weighted by Gasteiger charge is -2.16. The van der Waals surface area contributed by atoms with E-state index in [-0.39, 0.29) is 24.0 Å². The minimum Gasteiger partial charge on any atom is -0.497 e. The van der Waals surface area contributed by atoms with Gasteiger partial charge in [0.2, 0.25) is 11.8 Å². The summed E-state index contributed by atoms with van der Waals surface area (Å²) in [7, 11) is 1.57. The Morgan fingerprint density at radius 2 is 1.75 bits per heavy atom. The summed E-state index contributed by atoms with van der Waals surface area (Å²) in [5.41, 5.74) is 0.807. The third kappa shape index (κ3) is 8.06. The van der Waals surface area contributed by atoms with Gasteiger partial charge in [-0.15, -0.1) is 4.73 Å². The van der Waals surface area contributed by atoms with Gasteiger partial charge >= 0.3 is 12.1 Å². The molecule has 0 aliphatic rings. The molecule has 1 amide bonds. The number of aromatic hydroxyl groups is 2. The number of hydrogen-bond acceptors (Lipinski definition) is 9. The van der Waals surface area contributed by atoms with E-state index in [2.05, 4.69) is 5.32 Å². The highest BCUT2D eigenvalue weighted by Crippen LogP contribution is 2.21. The minimum atomic E-state index is -0.720. The van der Waals surface area contributed by atoms with Gasteiger partial charge in [-0.25, -0.2) is 9.59 Å². The Morgan fingerprint density at radius 3 is 2.34 bits per heavy atom. The molecule has 0 bridgehead atoms. The second kappa shape index (κ2) is 12.5. The van der Waals surface area contributed by atoms with Gasteiger partial charge in [0, 0.05) is 31.4 Å². The van der Waals surface area contributed by atoms with Crippen molar-refractivity contribution in [1.29, 1.82) is 0 Å². The molecule has 2 aromatic rings. The van der Waals surface area contributed by atoms with Crippen LogP contribution in [-0.4, -0.2) is 51.5 Å². The number of alkyl carbamates (subject to hydrolysis) is 1. The molecular weight excluding hydrogens is 440 g/mol. The number of aromatic nitrogens is 1. The van der Waals surface area contributed by atoms with Gasteiger partial charge in [-0.2, -0.15) is 0 Å². The molecule has 2 rings (SSSR count). The van der Waals surface area contributed by atoms with Gasteiger partial charge in [-0.05, 0) is 30.5 Å². The first-order valence-electron chi connectivity index (χ1n) is 9.79. The van der Waals surface area contributed by atoms with Crippen LogP contribution in [0.25, 0.3) is 0 Å². The van der Waals surface area contributed by atoms with E-state index in [0.717, 1.165) is 17.3 Å². The van der Waals surface area contributed by atoms with Crippen LogP contribution in [0.2, 0.25) is 0 Å². The molecule has 3 N–H and O–H groups in total. The Labute approximate surface area is 189 Å². The lowest BCUT2D eigenvalue weighted by molar-refractivity contribution is -0.149. The number of rotatable bonds is 11. The maximum absolute atomic E-state index is 12.4. The largest absolute Gasteiger partial charge is 0.497 e.